The van der Waals surface area contributed by atoms with Crippen LogP contribution in [0.15, 0.2) is 36.7 Å². The highest BCUT2D eigenvalue weighted by atomic mass is 16.5. The van der Waals surface area contributed by atoms with Crippen LogP contribution in [0.3, 0.4) is 0 Å². The van der Waals surface area contributed by atoms with Crippen molar-refractivity contribution < 1.29 is 9.84 Å². The van der Waals surface area contributed by atoms with Crippen LogP contribution in [0, 0.1) is 0 Å². The van der Waals surface area contributed by atoms with Crippen LogP contribution in [0.5, 0.6) is 11.5 Å². The molecule has 4 nitrogen and oxygen atoms in total. The molecule has 1 heterocycles. The molecule has 1 aromatic heterocycles. The summed E-state index contributed by atoms with van der Waals surface area (Å²) in [7, 11) is 1.57. The SMILES string of the molecule is COc1cnc(-c2ccc(O)cc2)nc1. The molecule has 0 fully saturated rings. The molecule has 1 aromatic carbocycles. The van der Waals surface area contributed by atoms with E-state index in [1.807, 2.05) is 0 Å². The van der Waals surface area contributed by atoms with Crippen LogP contribution in [-0.4, -0.2) is 22.2 Å². The Morgan fingerprint density at radius 2 is 1.67 bits per heavy atom. The lowest BCUT2D eigenvalue weighted by Gasteiger charge is -2.01. The number of rotatable bonds is 2. The average molecular weight is 202 g/mol. The average Bonchev–Trinajstić information content (AvgIpc) is 2.30. The minimum atomic E-state index is 0.229. The summed E-state index contributed by atoms with van der Waals surface area (Å²) in [6.45, 7) is 0. The molecular weight excluding hydrogens is 192 g/mol. The number of ether oxygens (including phenoxy) is 1. The summed E-state index contributed by atoms with van der Waals surface area (Å²) in [5.74, 6) is 1.46. The smallest absolute Gasteiger partial charge is 0.159 e. The van der Waals surface area contributed by atoms with Crippen molar-refractivity contribution in [1.82, 2.24) is 9.97 Å². The van der Waals surface area contributed by atoms with Gasteiger partial charge in [-0.05, 0) is 24.3 Å². The van der Waals surface area contributed by atoms with E-state index in [1.54, 1.807) is 43.8 Å². The van der Waals surface area contributed by atoms with E-state index in [4.69, 9.17) is 9.84 Å². The van der Waals surface area contributed by atoms with Crippen molar-refractivity contribution in [3.05, 3.63) is 36.7 Å². The number of hydrogen-bond donors (Lipinski definition) is 1. The van der Waals surface area contributed by atoms with Gasteiger partial charge in [-0.1, -0.05) is 0 Å². The first-order chi connectivity index (χ1) is 7.29. The molecule has 0 aliphatic rings. The number of methoxy groups -OCH3 is 1. The highest BCUT2D eigenvalue weighted by Gasteiger charge is 2.00. The molecule has 76 valence electrons. The van der Waals surface area contributed by atoms with Gasteiger partial charge in [0, 0.05) is 5.56 Å². The number of phenols is 1. The third-order valence-corrected chi connectivity index (χ3v) is 1.99. The second-order valence-electron chi connectivity index (χ2n) is 2.99. The van der Waals surface area contributed by atoms with Gasteiger partial charge in [-0.15, -0.1) is 0 Å². The van der Waals surface area contributed by atoms with Crippen molar-refractivity contribution in [2.24, 2.45) is 0 Å². The molecule has 0 atom stereocenters. The minimum Gasteiger partial charge on any atom is -0.508 e. The molecule has 15 heavy (non-hydrogen) atoms. The molecule has 0 spiro atoms. The quantitative estimate of drug-likeness (QED) is 0.807. The van der Waals surface area contributed by atoms with Crippen molar-refractivity contribution in [1.29, 1.82) is 0 Å². The van der Waals surface area contributed by atoms with Crippen molar-refractivity contribution in [3.63, 3.8) is 0 Å². The first kappa shape index (κ1) is 9.45. The lowest BCUT2D eigenvalue weighted by atomic mass is 10.2. The Morgan fingerprint density at radius 3 is 2.20 bits per heavy atom. The zero-order valence-electron chi connectivity index (χ0n) is 8.21. The Morgan fingerprint density at radius 1 is 1.07 bits per heavy atom. The van der Waals surface area contributed by atoms with E-state index >= 15 is 0 Å². The Kier molecular flexibility index (Phi) is 2.49. The standard InChI is InChI=1S/C11H10N2O2/c1-15-10-6-12-11(13-7-10)8-2-4-9(14)5-3-8/h2-7,14H,1H3. The molecule has 0 unspecified atom stereocenters. The largest absolute Gasteiger partial charge is 0.508 e. The monoisotopic (exact) mass is 202 g/mol. The predicted molar refractivity (Wildman–Crippen MR) is 55.7 cm³/mol. The number of aromatic hydroxyl groups is 1. The van der Waals surface area contributed by atoms with Crippen LogP contribution >= 0.6 is 0 Å². The van der Waals surface area contributed by atoms with Gasteiger partial charge < -0.3 is 9.84 Å². The number of benzene rings is 1. The third kappa shape index (κ3) is 2.04. The van der Waals surface area contributed by atoms with E-state index in [1.165, 1.54) is 0 Å². The van der Waals surface area contributed by atoms with Gasteiger partial charge in [-0.25, -0.2) is 9.97 Å². The molecule has 0 aliphatic carbocycles. The minimum absolute atomic E-state index is 0.229. The second-order valence-corrected chi connectivity index (χ2v) is 2.99. The Labute approximate surface area is 87.2 Å². The maximum Gasteiger partial charge on any atom is 0.159 e. The Balaban J connectivity index is 2.33. The van der Waals surface area contributed by atoms with Gasteiger partial charge in [0.25, 0.3) is 0 Å². The normalized spacial score (nSPS) is 9.93. The summed E-state index contributed by atoms with van der Waals surface area (Å²) in [4.78, 5) is 8.26. The van der Waals surface area contributed by atoms with Crippen molar-refractivity contribution in [2.45, 2.75) is 0 Å². The number of aromatic nitrogens is 2. The van der Waals surface area contributed by atoms with Gasteiger partial charge in [0.05, 0.1) is 19.5 Å². The fourth-order valence-electron chi connectivity index (χ4n) is 1.18. The molecule has 1 N–H and O–H groups in total. The van der Waals surface area contributed by atoms with Crippen LogP contribution in [0.25, 0.3) is 11.4 Å². The number of hydrogen-bond acceptors (Lipinski definition) is 4. The van der Waals surface area contributed by atoms with Gasteiger partial charge in [-0.3, -0.25) is 0 Å². The van der Waals surface area contributed by atoms with Crippen molar-refractivity contribution >= 4 is 0 Å². The molecule has 0 aliphatic heterocycles. The fraction of sp³-hybridized carbons (Fsp3) is 0.0909. The number of nitrogens with zero attached hydrogens (tertiary/aromatic N) is 2. The van der Waals surface area contributed by atoms with Gasteiger partial charge >= 0.3 is 0 Å². The van der Waals surface area contributed by atoms with Crippen LogP contribution < -0.4 is 4.74 Å². The van der Waals surface area contributed by atoms with E-state index in [0.29, 0.717) is 11.6 Å². The third-order valence-electron chi connectivity index (χ3n) is 1.99. The molecule has 0 saturated heterocycles. The summed E-state index contributed by atoms with van der Waals surface area (Å²) in [6, 6.07) is 6.72. The summed E-state index contributed by atoms with van der Waals surface area (Å²) >= 11 is 0. The summed E-state index contributed by atoms with van der Waals surface area (Å²) in [6.07, 6.45) is 3.21. The molecule has 0 radical (unpaired) electrons. The van der Waals surface area contributed by atoms with Crippen molar-refractivity contribution in [2.75, 3.05) is 7.11 Å². The molecule has 2 rings (SSSR count). The summed E-state index contributed by atoms with van der Waals surface area (Å²) < 4.78 is 4.96. The Bertz CT molecular complexity index is 437. The van der Waals surface area contributed by atoms with Crippen LogP contribution in [0.2, 0.25) is 0 Å². The zero-order valence-corrected chi connectivity index (χ0v) is 8.21. The van der Waals surface area contributed by atoms with Gasteiger partial charge in [0.2, 0.25) is 0 Å². The van der Waals surface area contributed by atoms with E-state index in [2.05, 4.69) is 9.97 Å². The number of phenolic OH excluding ortho intramolecular Hbond substituents is 1. The lowest BCUT2D eigenvalue weighted by Crippen LogP contribution is -1.90. The van der Waals surface area contributed by atoms with Crippen LogP contribution in [0.1, 0.15) is 0 Å². The van der Waals surface area contributed by atoms with Gasteiger partial charge in [0.15, 0.2) is 11.6 Å². The van der Waals surface area contributed by atoms with Gasteiger partial charge in [-0.2, -0.15) is 0 Å². The molecule has 0 bridgehead atoms. The zero-order chi connectivity index (χ0) is 10.7. The molecule has 4 heteroatoms. The fourth-order valence-corrected chi connectivity index (χ4v) is 1.18. The highest BCUT2D eigenvalue weighted by Crippen LogP contribution is 2.18. The first-order valence-corrected chi connectivity index (χ1v) is 4.45. The topological polar surface area (TPSA) is 55.2 Å². The summed E-state index contributed by atoms with van der Waals surface area (Å²) in [5.41, 5.74) is 0.857. The molecule has 0 saturated carbocycles. The molecular formula is C11H10N2O2. The second kappa shape index (κ2) is 3.96. The van der Waals surface area contributed by atoms with E-state index < -0.39 is 0 Å². The molecule has 0 amide bonds. The molecule has 2 aromatic rings. The first-order valence-electron chi connectivity index (χ1n) is 4.45. The van der Waals surface area contributed by atoms with E-state index in [-0.39, 0.29) is 5.75 Å². The lowest BCUT2D eigenvalue weighted by molar-refractivity contribution is 0.411. The van der Waals surface area contributed by atoms with E-state index in [0.717, 1.165) is 5.56 Å². The predicted octanol–water partition coefficient (Wildman–Crippen LogP) is 1.86. The van der Waals surface area contributed by atoms with E-state index in [9.17, 15) is 0 Å². The highest BCUT2D eigenvalue weighted by molar-refractivity contribution is 5.55. The van der Waals surface area contributed by atoms with Crippen LogP contribution in [-0.2, 0) is 0 Å². The van der Waals surface area contributed by atoms with Gasteiger partial charge in [0.1, 0.15) is 5.75 Å². The maximum absolute atomic E-state index is 9.12. The Hall–Kier alpha value is -2.10. The van der Waals surface area contributed by atoms with Crippen LogP contribution in [0.4, 0.5) is 0 Å². The van der Waals surface area contributed by atoms with Crippen molar-refractivity contribution in [3.8, 4) is 22.9 Å². The maximum atomic E-state index is 9.12. The summed E-state index contributed by atoms with van der Waals surface area (Å²) in [5, 5.41) is 9.12.